The average Bonchev–Trinajstić information content (AvgIpc) is 2.87. The highest BCUT2D eigenvalue weighted by Crippen LogP contribution is 2.24. The number of carbonyl (C=O) groups excluding carboxylic acids is 1. The Kier molecular flexibility index (Phi) is 8.30. The molecule has 7 nitrogen and oxygen atoms in total. The number of carboxylic acid groups (broad SMARTS) is 1. The minimum absolute atomic E-state index is 0.0949. The molecule has 36 heavy (non-hydrogen) atoms. The van der Waals surface area contributed by atoms with E-state index in [1.807, 2.05) is 19.2 Å². The van der Waals surface area contributed by atoms with Crippen LogP contribution < -0.4 is 10.1 Å². The molecule has 0 bridgehead atoms. The van der Waals surface area contributed by atoms with E-state index in [1.165, 1.54) is 12.1 Å². The molecule has 0 atom stereocenters. The molecule has 1 amide bonds. The molecule has 3 aromatic rings. The summed E-state index contributed by atoms with van der Waals surface area (Å²) >= 11 is 0. The molecule has 8 heteroatoms. The van der Waals surface area contributed by atoms with Crippen molar-refractivity contribution in [2.24, 2.45) is 0 Å². The molecule has 0 radical (unpaired) electrons. The van der Waals surface area contributed by atoms with Gasteiger partial charge in [-0.25, -0.2) is 9.18 Å². The number of anilines is 1. The van der Waals surface area contributed by atoms with Gasteiger partial charge in [-0.05, 0) is 93.1 Å². The number of carboxylic acids is 1. The minimum atomic E-state index is -0.902. The molecule has 1 saturated heterocycles. The number of nitrogens with zero attached hydrogens (tertiary/aromatic N) is 2. The molecule has 2 N–H and O–H groups in total. The molecular weight excluding hydrogens is 461 g/mol. The van der Waals surface area contributed by atoms with E-state index in [2.05, 4.69) is 15.1 Å². The molecular formula is C28H30FN3O4. The molecule has 0 unspecified atom stereocenters. The smallest absolute Gasteiger partial charge is 0.336 e. The Hall–Kier alpha value is -3.75. The van der Waals surface area contributed by atoms with Crippen molar-refractivity contribution in [3.63, 3.8) is 0 Å². The Bertz CT molecular complexity index is 1180. The molecule has 1 fully saturated rings. The standard InChI is InChI=1S/C28H30FN3O4/c1-31(23-14-16-32(17-15-23)18-20-4-2-3-5-26(20)28(34)35)19-27(33)30-22-8-12-25(13-9-22)36-24-10-6-21(29)7-11-24/h2-13,23H,14-19H2,1H3,(H,30,33)(H,34,35). The monoisotopic (exact) mass is 491 g/mol. The summed E-state index contributed by atoms with van der Waals surface area (Å²) in [4.78, 5) is 28.4. The Labute approximate surface area is 210 Å². The maximum absolute atomic E-state index is 13.0. The van der Waals surface area contributed by atoms with Crippen molar-refractivity contribution >= 4 is 17.6 Å². The van der Waals surface area contributed by atoms with Gasteiger partial charge in [0, 0.05) is 18.3 Å². The zero-order chi connectivity index (χ0) is 25.5. The van der Waals surface area contributed by atoms with Gasteiger partial charge in [0.1, 0.15) is 17.3 Å². The van der Waals surface area contributed by atoms with Gasteiger partial charge in [-0.2, -0.15) is 0 Å². The van der Waals surface area contributed by atoms with E-state index in [9.17, 15) is 19.1 Å². The van der Waals surface area contributed by atoms with Crippen LogP contribution in [0.15, 0.2) is 72.8 Å². The number of likely N-dealkylation sites (N-methyl/N-ethyl adjacent to an activating group) is 1. The van der Waals surface area contributed by atoms with E-state index < -0.39 is 5.97 Å². The lowest BCUT2D eigenvalue weighted by Crippen LogP contribution is -2.45. The number of aromatic carboxylic acids is 1. The van der Waals surface area contributed by atoms with E-state index in [1.54, 1.807) is 48.5 Å². The lowest BCUT2D eigenvalue weighted by molar-refractivity contribution is -0.117. The summed E-state index contributed by atoms with van der Waals surface area (Å²) in [5.41, 5.74) is 1.85. The van der Waals surface area contributed by atoms with Crippen LogP contribution in [0.25, 0.3) is 0 Å². The fourth-order valence-electron chi connectivity index (χ4n) is 4.43. The Morgan fingerprint density at radius 3 is 2.25 bits per heavy atom. The molecule has 0 saturated carbocycles. The van der Waals surface area contributed by atoms with Crippen molar-refractivity contribution < 1.29 is 23.8 Å². The molecule has 4 rings (SSSR count). The van der Waals surface area contributed by atoms with Crippen LogP contribution in [0, 0.1) is 5.82 Å². The summed E-state index contributed by atoms with van der Waals surface area (Å²) in [5.74, 6) is -0.192. The number of likely N-dealkylation sites (tertiary alicyclic amines) is 1. The number of carbonyl (C=O) groups is 2. The minimum Gasteiger partial charge on any atom is -0.478 e. The Morgan fingerprint density at radius 2 is 1.61 bits per heavy atom. The second-order valence-electron chi connectivity index (χ2n) is 9.01. The first-order valence-electron chi connectivity index (χ1n) is 11.9. The highest BCUT2D eigenvalue weighted by molar-refractivity contribution is 5.92. The first-order chi connectivity index (χ1) is 17.4. The number of ether oxygens (including phenoxy) is 1. The molecule has 3 aromatic carbocycles. The zero-order valence-electron chi connectivity index (χ0n) is 20.2. The van der Waals surface area contributed by atoms with Gasteiger partial charge in [0.25, 0.3) is 0 Å². The topological polar surface area (TPSA) is 82.1 Å². The van der Waals surface area contributed by atoms with Gasteiger partial charge in [-0.15, -0.1) is 0 Å². The van der Waals surface area contributed by atoms with Gasteiger partial charge in [0.2, 0.25) is 5.91 Å². The number of hydrogen-bond acceptors (Lipinski definition) is 5. The predicted octanol–water partition coefficient (Wildman–Crippen LogP) is 4.85. The van der Waals surface area contributed by atoms with Crippen molar-refractivity contribution in [1.82, 2.24) is 9.80 Å². The van der Waals surface area contributed by atoms with Crippen molar-refractivity contribution in [2.75, 3.05) is 32.0 Å². The van der Waals surface area contributed by atoms with Crippen molar-refractivity contribution in [1.29, 1.82) is 0 Å². The van der Waals surface area contributed by atoms with Gasteiger partial charge >= 0.3 is 5.97 Å². The highest BCUT2D eigenvalue weighted by atomic mass is 19.1. The van der Waals surface area contributed by atoms with Crippen molar-refractivity contribution in [3.8, 4) is 11.5 Å². The third-order valence-corrected chi connectivity index (χ3v) is 6.40. The first kappa shape index (κ1) is 25.3. The summed E-state index contributed by atoms with van der Waals surface area (Å²) in [7, 11) is 1.96. The second-order valence-corrected chi connectivity index (χ2v) is 9.01. The summed E-state index contributed by atoms with van der Waals surface area (Å²) < 4.78 is 18.7. The van der Waals surface area contributed by atoms with Gasteiger partial charge in [0.05, 0.1) is 12.1 Å². The van der Waals surface area contributed by atoms with Gasteiger partial charge in [0.15, 0.2) is 0 Å². The average molecular weight is 492 g/mol. The number of rotatable bonds is 9. The second kappa shape index (κ2) is 11.8. The van der Waals surface area contributed by atoms with E-state index in [-0.39, 0.29) is 24.3 Å². The quantitative estimate of drug-likeness (QED) is 0.445. The molecule has 0 aliphatic carbocycles. The first-order valence-corrected chi connectivity index (χ1v) is 11.9. The number of halogens is 1. The SMILES string of the molecule is CN(CC(=O)Nc1ccc(Oc2ccc(F)cc2)cc1)C1CCN(Cc2ccccc2C(=O)O)CC1. The molecule has 1 aliphatic heterocycles. The molecule has 1 aliphatic rings. The summed E-state index contributed by atoms with van der Waals surface area (Å²) in [6, 6.07) is 20.2. The number of benzene rings is 3. The van der Waals surface area contributed by atoms with Crippen LogP contribution in [0.4, 0.5) is 10.1 Å². The number of nitrogens with one attached hydrogen (secondary N) is 1. The number of hydrogen-bond donors (Lipinski definition) is 2. The molecule has 0 aromatic heterocycles. The third-order valence-electron chi connectivity index (χ3n) is 6.40. The normalized spacial score (nSPS) is 14.5. The maximum Gasteiger partial charge on any atom is 0.336 e. The highest BCUT2D eigenvalue weighted by Gasteiger charge is 2.24. The summed E-state index contributed by atoms with van der Waals surface area (Å²) in [6.07, 6.45) is 1.82. The van der Waals surface area contributed by atoms with E-state index >= 15 is 0 Å². The summed E-state index contributed by atoms with van der Waals surface area (Å²) in [5, 5.41) is 12.3. The van der Waals surface area contributed by atoms with Crippen LogP contribution in [-0.2, 0) is 11.3 Å². The zero-order valence-corrected chi connectivity index (χ0v) is 20.2. The van der Waals surface area contributed by atoms with Gasteiger partial charge < -0.3 is 15.2 Å². The van der Waals surface area contributed by atoms with E-state index in [4.69, 9.17) is 4.74 Å². The fourth-order valence-corrected chi connectivity index (χ4v) is 4.43. The number of piperidine rings is 1. The largest absolute Gasteiger partial charge is 0.478 e. The molecule has 0 spiro atoms. The van der Waals surface area contributed by atoms with Gasteiger partial charge in [-0.1, -0.05) is 18.2 Å². The van der Waals surface area contributed by atoms with Crippen molar-refractivity contribution in [2.45, 2.75) is 25.4 Å². The maximum atomic E-state index is 13.0. The van der Waals surface area contributed by atoms with Crippen LogP contribution >= 0.6 is 0 Å². The summed E-state index contributed by atoms with van der Waals surface area (Å²) in [6.45, 7) is 2.58. The lowest BCUT2D eigenvalue weighted by atomic mass is 10.0. The Morgan fingerprint density at radius 1 is 1.00 bits per heavy atom. The van der Waals surface area contributed by atoms with Crippen LogP contribution in [0.3, 0.4) is 0 Å². The Balaban J connectivity index is 1.22. The molecule has 188 valence electrons. The third kappa shape index (κ3) is 6.90. The predicted molar refractivity (Wildman–Crippen MR) is 136 cm³/mol. The molecule has 1 heterocycles. The van der Waals surface area contributed by atoms with Crippen molar-refractivity contribution in [3.05, 3.63) is 89.7 Å². The number of amides is 1. The van der Waals surface area contributed by atoms with Gasteiger partial charge in [-0.3, -0.25) is 14.6 Å². The van der Waals surface area contributed by atoms with Crippen LogP contribution in [-0.4, -0.2) is 59.5 Å². The lowest BCUT2D eigenvalue weighted by Gasteiger charge is -2.36. The van der Waals surface area contributed by atoms with E-state index in [0.29, 0.717) is 29.3 Å². The van der Waals surface area contributed by atoms with Crippen LogP contribution in [0.1, 0.15) is 28.8 Å². The fraction of sp³-hybridized carbons (Fsp3) is 0.286. The van der Waals surface area contributed by atoms with Crippen LogP contribution in [0.5, 0.6) is 11.5 Å². The van der Waals surface area contributed by atoms with E-state index in [0.717, 1.165) is 31.5 Å². The van der Waals surface area contributed by atoms with Crippen LogP contribution in [0.2, 0.25) is 0 Å².